The summed E-state index contributed by atoms with van der Waals surface area (Å²) in [6.45, 7) is 10.3. The first-order chi connectivity index (χ1) is 8.02. The monoisotopic (exact) mass is 289 g/mol. The zero-order chi connectivity index (χ0) is 12.6. The summed E-state index contributed by atoms with van der Waals surface area (Å²) in [7, 11) is 0. The Morgan fingerprint density at radius 3 is 2.65 bits per heavy atom. The van der Waals surface area contributed by atoms with Gasteiger partial charge in [0.15, 0.2) is 0 Å². The molecule has 1 aromatic carbocycles. The highest BCUT2D eigenvalue weighted by molar-refractivity contribution is 9.10. The van der Waals surface area contributed by atoms with Crippen LogP contribution in [0.1, 0.15) is 31.9 Å². The molecule has 17 heavy (non-hydrogen) atoms. The fourth-order valence-electron chi connectivity index (χ4n) is 2.43. The summed E-state index contributed by atoms with van der Waals surface area (Å²) in [6.07, 6.45) is 3.76. The van der Waals surface area contributed by atoms with Crippen molar-refractivity contribution in [1.29, 1.82) is 0 Å². The first-order valence-electron chi connectivity index (χ1n) is 5.68. The average molecular weight is 290 g/mol. The van der Waals surface area contributed by atoms with Crippen molar-refractivity contribution in [2.45, 2.75) is 26.2 Å². The Balaban J connectivity index is 2.75. The van der Waals surface area contributed by atoms with E-state index in [0.29, 0.717) is 0 Å². The number of hydrogen-bond acceptors (Lipinski definition) is 1. The molecule has 1 aliphatic rings. The molecule has 0 aromatic heterocycles. The van der Waals surface area contributed by atoms with Crippen molar-refractivity contribution >= 4 is 27.7 Å². The fourth-order valence-corrected chi connectivity index (χ4v) is 2.79. The van der Waals surface area contributed by atoms with Gasteiger partial charge >= 0.3 is 0 Å². The van der Waals surface area contributed by atoms with Gasteiger partial charge in [-0.25, -0.2) is 0 Å². The van der Waals surface area contributed by atoms with Gasteiger partial charge in [-0.05, 0) is 30.2 Å². The van der Waals surface area contributed by atoms with Crippen molar-refractivity contribution in [2.24, 2.45) is 4.99 Å². The molecule has 0 aliphatic heterocycles. The number of hydrogen-bond donors (Lipinski definition) is 0. The zero-order valence-corrected chi connectivity index (χ0v) is 12.0. The first-order valence-corrected chi connectivity index (χ1v) is 6.48. The second kappa shape index (κ2) is 4.26. The number of nitrogens with zero attached hydrogens (tertiary/aromatic N) is 1. The lowest BCUT2D eigenvalue weighted by Crippen LogP contribution is -2.16. The molecular formula is C15H16BrN. The third-order valence-electron chi connectivity index (χ3n) is 3.25. The number of benzene rings is 1. The summed E-state index contributed by atoms with van der Waals surface area (Å²) in [5, 5.41) is 0. The minimum Gasteiger partial charge on any atom is -0.264 e. The third-order valence-corrected chi connectivity index (χ3v) is 3.75. The van der Waals surface area contributed by atoms with Crippen molar-refractivity contribution in [3.05, 3.63) is 52.2 Å². The van der Waals surface area contributed by atoms with Gasteiger partial charge in [0.25, 0.3) is 0 Å². The van der Waals surface area contributed by atoms with Crippen molar-refractivity contribution in [3.8, 4) is 0 Å². The maximum Gasteiger partial charge on any atom is 0.0577 e. The van der Waals surface area contributed by atoms with Crippen LogP contribution in [-0.2, 0) is 5.41 Å². The molecule has 1 aromatic rings. The molecule has 2 rings (SSSR count). The van der Waals surface area contributed by atoms with Crippen molar-refractivity contribution in [2.75, 3.05) is 0 Å². The van der Waals surface area contributed by atoms with E-state index >= 15 is 0 Å². The second-order valence-electron chi connectivity index (χ2n) is 4.67. The Morgan fingerprint density at radius 1 is 1.35 bits per heavy atom. The molecule has 0 unspecified atom stereocenters. The van der Waals surface area contributed by atoms with Crippen molar-refractivity contribution < 1.29 is 0 Å². The number of aliphatic imine (C=N–C) groups is 1. The Hall–Kier alpha value is -1.15. The lowest BCUT2D eigenvalue weighted by atomic mass is 9.85. The molecule has 0 spiro atoms. The van der Waals surface area contributed by atoms with Crippen molar-refractivity contribution in [3.63, 3.8) is 0 Å². The molecule has 0 saturated heterocycles. The Kier molecular flexibility index (Phi) is 3.09. The highest BCUT2D eigenvalue weighted by Crippen LogP contribution is 2.47. The third kappa shape index (κ3) is 1.81. The van der Waals surface area contributed by atoms with Crippen LogP contribution in [-0.4, -0.2) is 6.21 Å². The lowest BCUT2D eigenvalue weighted by Gasteiger charge is -2.21. The van der Waals surface area contributed by atoms with Gasteiger partial charge in [-0.1, -0.05) is 48.5 Å². The van der Waals surface area contributed by atoms with E-state index in [0.717, 1.165) is 15.7 Å². The van der Waals surface area contributed by atoms with Gasteiger partial charge in [-0.3, -0.25) is 4.99 Å². The predicted molar refractivity (Wildman–Crippen MR) is 78.5 cm³/mol. The van der Waals surface area contributed by atoms with Gasteiger partial charge in [-0.2, -0.15) is 0 Å². The smallest absolute Gasteiger partial charge is 0.0577 e. The highest BCUT2D eigenvalue weighted by atomic mass is 79.9. The van der Waals surface area contributed by atoms with Crippen LogP contribution in [0.3, 0.4) is 0 Å². The zero-order valence-electron chi connectivity index (χ0n) is 10.4. The molecule has 88 valence electrons. The van der Waals surface area contributed by atoms with Gasteiger partial charge in [0, 0.05) is 21.7 Å². The summed E-state index contributed by atoms with van der Waals surface area (Å²) < 4.78 is 1.11. The van der Waals surface area contributed by atoms with Gasteiger partial charge in [0.05, 0.1) is 5.70 Å². The lowest BCUT2D eigenvalue weighted by molar-refractivity contribution is 0.632. The molecule has 0 heterocycles. The van der Waals surface area contributed by atoms with E-state index < -0.39 is 0 Å². The van der Waals surface area contributed by atoms with E-state index in [9.17, 15) is 0 Å². The Morgan fingerprint density at radius 2 is 2.06 bits per heavy atom. The summed E-state index contributed by atoms with van der Waals surface area (Å²) in [6, 6.07) is 6.38. The quantitative estimate of drug-likeness (QED) is 0.698. The molecule has 0 radical (unpaired) electrons. The highest BCUT2D eigenvalue weighted by Gasteiger charge is 2.36. The molecule has 0 saturated carbocycles. The van der Waals surface area contributed by atoms with E-state index in [2.05, 4.69) is 59.5 Å². The number of rotatable bonds is 2. The van der Waals surface area contributed by atoms with E-state index in [1.54, 1.807) is 0 Å². The molecule has 1 nitrogen and oxygen atoms in total. The van der Waals surface area contributed by atoms with Gasteiger partial charge in [0.1, 0.15) is 0 Å². The topological polar surface area (TPSA) is 12.4 Å². The molecule has 0 N–H and O–H groups in total. The number of fused-ring (bicyclic) bond motifs is 1. The maximum absolute atomic E-state index is 4.54. The molecule has 0 amide bonds. The molecule has 2 heteroatoms. The summed E-state index contributed by atoms with van der Waals surface area (Å²) in [4.78, 5) is 4.54. The van der Waals surface area contributed by atoms with Crippen LogP contribution in [0.5, 0.6) is 0 Å². The molecular weight excluding hydrogens is 274 g/mol. The standard InChI is InChI=1S/C15H16BrN/c1-5-11-12-8-7-10(16)9-13(12)15(3,4)14(11)17-6-2/h5-9H,1H2,2-4H3/b17-6-. The van der Waals surface area contributed by atoms with E-state index in [-0.39, 0.29) is 5.41 Å². The Labute approximate surface area is 111 Å². The summed E-state index contributed by atoms with van der Waals surface area (Å²) in [5.41, 5.74) is 4.74. The summed E-state index contributed by atoms with van der Waals surface area (Å²) in [5.74, 6) is 0. The maximum atomic E-state index is 4.54. The minimum absolute atomic E-state index is 0.0604. The van der Waals surface area contributed by atoms with Gasteiger partial charge in [-0.15, -0.1) is 0 Å². The van der Waals surface area contributed by atoms with Crippen LogP contribution < -0.4 is 0 Å². The number of allylic oxidation sites excluding steroid dienone is 3. The summed E-state index contributed by atoms with van der Waals surface area (Å²) >= 11 is 3.53. The van der Waals surface area contributed by atoms with Crippen molar-refractivity contribution in [1.82, 2.24) is 0 Å². The van der Waals surface area contributed by atoms with Crippen LogP contribution in [0.4, 0.5) is 0 Å². The fraction of sp³-hybridized carbons (Fsp3) is 0.267. The average Bonchev–Trinajstić information content (AvgIpc) is 2.49. The first kappa shape index (κ1) is 12.3. The Bertz CT molecular complexity index is 536. The van der Waals surface area contributed by atoms with Crippen LogP contribution in [0, 0.1) is 0 Å². The van der Waals surface area contributed by atoms with Crippen LogP contribution in [0.2, 0.25) is 0 Å². The van der Waals surface area contributed by atoms with E-state index in [1.807, 2.05) is 19.2 Å². The molecule has 0 fully saturated rings. The van der Waals surface area contributed by atoms with Gasteiger partial charge in [0.2, 0.25) is 0 Å². The predicted octanol–water partition coefficient (Wildman–Crippen LogP) is 4.73. The molecule has 1 aliphatic carbocycles. The van der Waals surface area contributed by atoms with Crippen LogP contribution >= 0.6 is 15.9 Å². The minimum atomic E-state index is -0.0604. The second-order valence-corrected chi connectivity index (χ2v) is 5.58. The van der Waals surface area contributed by atoms with E-state index in [4.69, 9.17) is 0 Å². The molecule has 0 bridgehead atoms. The van der Waals surface area contributed by atoms with Crippen LogP contribution in [0.15, 0.2) is 46.0 Å². The van der Waals surface area contributed by atoms with Gasteiger partial charge < -0.3 is 0 Å². The number of halogens is 1. The SMILES string of the molecule is C=CC1=C(/N=C\C)C(C)(C)c2cc(Br)ccc21. The normalized spacial score (nSPS) is 17.6. The largest absolute Gasteiger partial charge is 0.264 e. The van der Waals surface area contributed by atoms with Crippen LogP contribution in [0.25, 0.3) is 5.57 Å². The molecule has 0 atom stereocenters. The van der Waals surface area contributed by atoms with E-state index in [1.165, 1.54) is 11.1 Å².